The molecule has 2 fully saturated rings. The maximum Gasteiger partial charge on any atom is 0.294 e. The highest BCUT2D eigenvalue weighted by atomic mass is 79.9. The van der Waals surface area contributed by atoms with Crippen molar-refractivity contribution in [3.8, 4) is 5.75 Å². The topological polar surface area (TPSA) is 66.9 Å². The molecular weight excluding hydrogens is 603 g/mol. The van der Waals surface area contributed by atoms with Crippen LogP contribution in [-0.2, 0) is 16.2 Å². The molecule has 2 aliphatic rings. The van der Waals surface area contributed by atoms with Gasteiger partial charge in [-0.3, -0.25) is 19.3 Å². The molecule has 10 heteroatoms. The summed E-state index contributed by atoms with van der Waals surface area (Å²) in [5.74, 6) is -0.408. The van der Waals surface area contributed by atoms with Crippen LogP contribution in [0.25, 0.3) is 6.08 Å². The standard InChI is InChI=1S/C25H23Br2FN2O4S/c26-19-11-17(12-20(27)23(19)34-15-16-5-7-18(28)8-6-16)13-21-24(32)30(25(33)35-21)14-22(31)29-9-3-1-2-4-10-29/h5-8,11-13H,1-4,9-10,14-15H2. The molecule has 0 unspecified atom stereocenters. The molecule has 0 saturated carbocycles. The van der Waals surface area contributed by atoms with Crippen LogP contribution in [0.5, 0.6) is 5.75 Å². The molecule has 2 aromatic rings. The third-order valence-electron chi connectivity index (χ3n) is 5.74. The molecule has 4 rings (SSSR count). The zero-order valence-corrected chi connectivity index (χ0v) is 22.8. The Balaban J connectivity index is 1.44. The lowest BCUT2D eigenvalue weighted by Crippen LogP contribution is -2.42. The Labute approximate surface area is 224 Å². The summed E-state index contributed by atoms with van der Waals surface area (Å²) in [6.45, 7) is 1.36. The first-order chi connectivity index (χ1) is 16.8. The number of ether oxygens (including phenoxy) is 1. The Bertz CT molecular complexity index is 1140. The fraction of sp³-hybridized carbons (Fsp3) is 0.320. The number of benzene rings is 2. The van der Waals surface area contributed by atoms with Gasteiger partial charge in [-0.05, 0) is 97.9 Å². The summed E-state index contributed by atoms with van der Waals surface area (Å²) in [6, 6.07) is 9.61. The first-order valence-electron chi connectivity index (χ1n) is 11.2. The highest BCUT2D eigenvalue weighted by molar-refractivity contribution is 9.11. The van der Waals surface area contributed by atoms with Gasteiger partial charge in [-0.2, -0.15) is 0 Å². The van der Waals surface area contributed by atoms with Crippen molar-refractivity contribution in [3.63, 3.8) is 0 Å². The Morgan fingerprint density at radius 2 is 1.66 bits per heavy atom. The van der Waals surface area contributed by atoms with E-state index in [0.717, 1.165) is 47.9 Å². The molecule has 0 radical (unpaired) electrons. The lowest BCUT2D eigenvalue weighted by atomic mass is 10.2. The predicted molar refractivity (Wildman–Crippen MR) is 140 cm³/mol. The summed E-state index contributed by atoms with van der Waals surface area (Å²) in [5.41, 5.74) is 1.50. The Hall–Kier alpha value is -2.17. The van der Waals surface area contributed by atoms with Gasteiger partial charge in [-0.15, -0.1) is 0 Å². The predicted octanol–water partition coefficient (Wildman–Crippen LogP) is 6.37. The van der Waals surface area contributed by atoms with Crippen LogP contribution < -0.4 is 4.74 Å². The number of carbonyl (C=O) groups is 3. The molecule has 35 heavy (non-hydrogen) atoms. The number of likely N-dealkylation sites (tertiary alicyclic amines) is 1. The van der Waals surface area contributed by atoms with Crippen molar-refractivity contribution in [2.45, 2.75) is 32.3 Å². The van der Waals surface area contributed by atoms with E-state index in [4.69, 9.17) is 4.74 Å². The highest BCUT2D eigenvalue weighted by Crippen LogP contribution is 2.38. The van der Waals surface area contributed by atoms with Crippen molar-refractivity contribution in [3.05, 3.63) is 67.2 Å². The fourth-order valence-electron chi connectivity index (χ4n) is 3.88. The summed E-state index contributed by atoms with van der Waals surface area (Å²) in [6.07, 6.45) is 5.70. The van der Waals surface area contributed by atoms with Gasteiger partial charge in [-0.25, -0.2) is 4.39 Å². The van der Waals surface area contributed by atoms with Crippen LogP contribution in [0.4, 0.5) is 9.18 Å². The quantitative estimate of drug-likeness (QED) is 0.349. The van der Waals surface area contributed by atoms with Crippen molar-refractivity contribution >= 4 is 66.8 Å². The highest BCUT2D eigenvalue weighted by Gasteiger charge is 2.37. The maximum atomic E-state index is 13.1. The molecule has 0 bridgehead atoms. The van der Waals surface area contributed by atoms with Crippen LogP contribution in [0.2, 0.25) is 0 Å². The second kappa shape index (κ2) is 11.7. The van der Waals surface area contributed by atoms with Gasteiger partial charge in [0.05, 0.1) is 13.9 Å². The molecule has 2 aromatic carbocycles. The zero-order chi connectivity index (χ0) is 24.9. The molecule has 6 nitrogen and oxygen atoms in total. The van der Waals surface area contributed by atoms with Gasteiger partial charge in [0, 0.05) is 13.1 Å². The van der Waals surface area contributed by atoms with Crippen molar-refractivity contribution in [2.75, 3.05) is 19.6 Å². The van der Waals surface area contributed by atoms with E-state index in [1.54, 1.807) is 35.2 Å². The normalized spacial score (nSPS) is 17.7. The summed E-state index contributed by atoms with van der Waals surface area (Å²) in [4.78, 5) is 41.1. The van der Waals surface area contributed by atoms with Crippen molar-refractivity contribution in [2.24, 2.45) is 0 Å². The second-order valence-corrected chi connectivity index (χ2v) is 11.0. The number of carbonyl (C=O) groups excluding carboxylic acids is 3. The first kappa shape index (κ1) is 25.9. The van der Waals surface area contributed by atoms with E-state index >= 15 is 0 Å². The molecule has 0 aliphatic carbocycles. The van der Waals surface area contributed by atoms with Crippen LogP contribution in [0.15, 0.2) is 50.2 Å². The van der Waals surface area contributed by atoms with E-state index in [1.165, 1.54) is 12.1 Å². The van der Waals surface area contributed by atoms with Gasteiger partial charge in [0.2, 0.25) is 5.91 Å². The minimum atomic E-state index is -0.466. The van der Waals surface area contributed by atoms with E-state index < -0.39 is 11.1 Å². The number of rotatable bonds is 6. The van der Waals surface area contributed by atoms with E-state index in [-0.39, 0.29) is 29.8 Å². The first-order valence-corrected chi connectivity index (χ1v) is 13.6. The molecule has 0 atom stereocenters. The van der Waals surface area contributed by atoms with E-state index in [0.29, 0.717) is 33.3 Å². The van der Waals surface area contributed by atoms with Gasteiger partial charge < -0.3 is 9.64 Å². The van der Waals surface area contributed by atoms with Crippen molar-refractivity contribution in [1.82, 2.24) is 9.80 Å². The smallest absolute Gasteiger partial charge is 0.294 e. The molecule has 3 amide bonds. The third-order valence-corrected chi connectivity index (χ3v) is 7.83. The third kappa shape index (κ3) is 6.54. The van der Waals surface area contributed by atoms with Crippen LogP contribution >= 0.6 is 43.6 Å². The SMILES string of the molecule is O=C(CN1C(=O)SC(=Cc2cc(Br)c(OCc3ccc(F)cc3)c(Br)c2)C1=O)N1CCCCCC1. The van der Waals surface area contributed by atoms with Crippen LogP contribution in [0.1, 0.15) is 36.8 Å². The Morgan fingerprint density at radius 1 is 1.03 bits per heavy atom. The van der Waals surface area contributed by atoms with Gasteiger partial charge in [-0.1, -0.05) is 25.0 Å². The Morgan fingerprint density at radius 3 is 2.29 bits per heavy atom. The van der Waals surface area contributed by atoms with Gasteiger partial charge >= 0.3 is 0 Å². The van der Waals surface area contributed by atoms with Gasteiger partial charge in [0.25, 0.3) is 11.1 Å². The lowest BCUT2D eigenvalue weighted by molar-refractivity contribution is -0.135. The van der Waals surface area contributed by atoms with E-state index in [2.05, 4.69) is 31.9 Å². The number of hydrogen-bond donors (Lipinski definition) is 0. The van der Waals surface area contributed by atoms with Gasteiger partial charge in [0.15, 0.2) is 0 Å². The van der Waals surface area contributed by atoms with Crippen LogP contribution in [0, 0.1) is 5.82 Å². The average molecular weight is 626 g/mol. The van der Waals surface area contributed by atoms with E-state index in [1.807, 2.05) is 0 Å². The minimum Gasteiger partial charge on any atom is -0.487 e. The average Bonchev–Trinajstić information content (AvgIpc) is 3.01. The summed E-state index contributed by atoms with van der Waals surface area (Å²) in [7, 11) is 0. The monoisotopic (exact) mass is 624 g/mol. The number of nitrogens with zero attached hydrogens (tertiary/aromatic N) is 2. The molecule has 0 N–H and O–H groups in total. The lowest BCUT2D eigenvalue weighted by Gasteiger charge is -2.22. The maximum absolute atomic E-state index is 13.1. The Kier molecular flexibility index (Phi) is 8.67. The molecule has 2 saturated heterocycles. The van der Waals surface area contributed by atoms with Crippen LogP contribution in [-0.4, -0.2) is 46.5 Å². The molecule has 0 spiro atoms. The second-order valence-electron chi connectivity index (χ2n) is 8.29. The van der Waals surface area contributed by atoms with Gasteiger partial charge in [0.1, 0.15) is 24.7 Å². The molecule has 2 aliphatic heterocycles. The molecule has 0 aromatic heterocycles. The number of halogens is 3. The number of hydrogen-bond acceptors (Lipinski definition) is 5. The van der Waals surface area contributed by atoms with Crippen molar-refractivity contribution < 1.29 is 23.5 Å². The number of thioether (sulfide) groups is 1. The summed E-state index contributed by atoms with van der Waals surface area (Å²) >= 11 is 7.81. The number of imide groups is 1. The fourth-order valence-corrected chi connectivity index (χ4v) is 6.17. The molecule has 184 valence electrons. The summed E-state index contributed by atoms with van der Waals surface area (Å²) < 4.78 is 20.3. The van der Waals surface area contributed by atoms with Crippen LogP contribution in [0.3, 0.4) is 0 Å². The minimum absolute atomic E-state index is 0.191. The molecule has 2 heterocycles. The largest absolute Gasteiger partial charge is 0.487 e. The van der Waals surface area contributed by atoms with E-state index in [9.17, 15) is 18.8 Å². The number of amides is 3. The summed E-state index contributed by atoms with van der Waals surface area (Å²) in [5, 5.41) is -0.443. The molecular formula is C25H23Br2FN2O4S. The van der Waals surface area contributed by atoms with Crippen molar-refractivity contribution in [1.29, 1.82) is 0 Å². The zero-order valence-electron chi connectivity index (χ0n) is 18.8.